The summed E-state index contributed by atoms with van der Waals surface area (Å²) in [7, 11) is -6.76. The van der Waals surface area contributed by atoms with E-state index in [-0.39, 0.29) is 45.6 Å². The number of carbonyl (C=O) groups excluding carboxylic acids is 3. The van der Waals surface area contributed by atoms with Gasteiger partial charge in [0, 0.05) is 56.7 Å². The maximum absolute atomic E-state index is 12.8. The van der Waals surface area contributed by atoms with Gasteiger partial charge >= 0.3 is 18.2 Å². The second-order valence-electron chi connectivity index (χ2n) is 27.2. The van der Waals surface area contributed by atoms with Crippen molar-refractivity contribution in [3.63, 3.8) is 0 Å². The van der Waals surface area contributed by atoms with Gasteiger partial charge in [-0.05, 0) is 229 Å². The number of sulfonamides is 2. The van der Waals surface area contributed by atoms with Crippen LogP contribution in [0.3, 0.4) is 0 Å². The third kappa shape index (κ3) is 38.1. The lowest BCUT2D eigenvalue weighted by molar-refractivity contribution is -0.138. The Morgan fingerprint density at radius 3 is 1.25 bits per heavy atom. The maximum atomic E-state index is 12.8. The summed E-state index contributed by atoms with van der Waals surface area (Å²) < 4.78 is 103. The average Bonchev–Trinajstić information content (AvgIpc) is 1.07. The van der Waals surface area contributed by atoms with Crippen LogP contribution in [0, 0.1) is 26.6 Å². The van der Waals surface area contributed by atoms with Gasteiger partial charge in [0.15, 0.2) is 0 Å². The van der Waals surface area contributed by atoms with Gasteiger partial charge in [-0.15, -0.1) is 0 Å². The zero-order valence-corrected chi connectivity index (χ0v) is 57.5. The Bertz CT molecular complexity index is 3400. The Kier molecular flexibility index (Phi) is 30.6. The van der Waals surface area contributed by atoms with Gasteiger partial charge in [-0.3, -0.25) is 4.79 Å². The highest BCUT2D eigenvalue weighted by Gasteiger charge is 2.33. The van der Waals surface area contributed by atoms with Crippen molar-refractivity contribution in [3.05, 3.63) is 191 Å². The monoisotopic (exact) mass is 1280 g/mol. The molecule has 5 amide bonds. The molecule has 6 aromatic rings. The molecule has 0 atom stereocenters. The molecule has 0 saturated carbocycles. The molecule has 6 aromatic carbocycles. The number of aryl methyl sites for hydroxylation is 3. The summed E-state index contributed by atoms with van der Waals surface area (Å²) in [6, 6.07) is 41.6. The van der Waals surface area contributed by atoms with Gasteiger partial charge in [0.25, 0.3) is 5.91 Å². The number of anilines is 2. The van der Waals surface area contributed by atoms with Crippen molar-refractivity contribution in [2.75, 3.05) is 10.6 Å². The summed E-state index contributed by atoms with van der Waals surface area (Å²) in [5.41, 5.74) is 2.60. The van der Waals surface area contributed by atoms with Crippen molar-refractivity contribution in [2.45, 2.75) is 201 Å². The smallest absolute Gasteiger partial charge is 0.347 e. The van der Waals surface area contributed by atoms with Crippen molar-refractivity contribution in [2.24, 2.45) is 0 Å². The van der Waals surface area contributed by atoms with E-state index < -0.39 is 54.4 Å². The summed E-state index contributed by atoms with van der Waals surface area (Å²) in [5, 5.41) is 16.6. The second-order valence-corrected chi connectivity index (χ2v) is 30.6. The van der Waals surface area contributed by atoms with Crippen LogP contribution >= 0.6 is 0 Å². The van der Waals surface area contributed by atoms with Crippen LogP contribution in [0.4, 0.5) is 38.5 Å². The van der Waals surface area contributed by atoms with Crippen LogP contribution in [0.15, 0.2) is 161 Å². The molecule has 0 heterocycles. The van der Waals surface area contributed by atoms with Crippen LogP contribution in [-0.4, -0.2) is 68.0 Å². The topological polar surface area (TPSA) is 216 Å². The zero-order valence-electron chi connectivity index (χ0n) is 55.8. The molecule has 0 saturated heterocycles. The molecule has 6 rings (SSSR count). The fourth-order valence-corrected chi connectivity index (χ4v) is 10.0. The number of carbonyl (C=O) groups is 3. The molecule has 15 nitrogen and oxygen atoms in total. The van der Waals surface area contributed by atoms with Crippen molar-refractivity contribution in [1.29, 1.82) is 0 Å². The van der Waals surface area contributed by atoms with Crippen LogP contribution in [0.25, 0.3) is 0 Å². The van der Waals surface area contributed by atoms with Gasteiger partial charge in [-0.1, -0.05) is 90.5 Å². The van der Waals surface area contributed by atoms with Gasteiger partial charge < -0.3 is 31.9 Å². The van der Waals surface area contributed by atoms with Gasteiger partial charge in [0.2, 0.25) is 20.0 Å². The number of hydrogen-bond donors (Lipinski definition) is 8. The van der Waals surface area contributed by atoms with Crippen LogP contribution in [0.2, 0.25) is 0 Å². The summed E-state index contributed by atoms with van der Waals surface area (Å²) in [4.78, 5) is 35.1. The van der Waals surface area contributed by atoms with E-state index >= 15 is 0 Å². The van der Waals surface area contributed by atoms with Crippen molar-refractivity contribution in [3.8, 4) is 0 Å². The normalized spacial score (nSPS) is 11.9. The highest BCUT2D eigenvalue weighted by Crippen LogP contribution is 2.33. The van der Waals surface area contributed by atoms with E-state index in [2.05, 4.69) is 93.3 Å². The number of urea groups is 2. The quantitative estimate of drug-likeness (QED) is 0.0650. The summed E-state index contributed by atoms with van der Waals surface area (Å²) in [6.07, 6.45) is -4.43. The Morgan fingerprint density at radius 1 is 0.416 bits per heavy atom. The molecule has 0 fully saturated rings. The summed E-state index contributed by atoms with van der Waals surface area (Å²) in [6.45, 7) is 40.6. The summed E-state index contributed by atoms with van der Waals surface area (Å²) in [5.74, 6) is -0.392. The Labute approximate surface area is 528 Å². The molecule has 0 aliphatic carbocycles. The highest BCUT2D eigenvalue weighted by atomic mass is 32.2. The van der Waals surface area contributed by atoms with E-state index in [0.29, 0.717) is 21.0 Å². The Morgan fingerprint density at radius 2 is 0.831 bits per heavy atom. The predicted octanol–water partition coefficient (Wildman–Crippen LogP) is 15.6. The van der Waals surface area contributed by atoms with E-state index in [9.17, 15) is 48.8 Å². The van der Waals surface area contributed by atoms with Gasteiger partial charge in [0.1, 0.15) is 5.82 Å². The average molecular weight is 1280 g/mol. The second kappa shape index (κ2) is 34.1. The van der Waals surface area contributed by atoms with E-state index in [1.165, 1.54) is 42.3 Å². The SMILES string of the molecule is CC(C)(C)NC(=O)Nc1cccc(F)c1.CC(C)(C)NC(=O)c1ccccc1.CC(C)(C)NS(=O)(=O)c1ccccc1.Cc1ccc(NC(=O)NC(C)(C)C)cc1C(F)(F)F.Cc1cccc(CNC(C)(C)C)c1.Cc1cccc(S(=O)(=O)NC(C)(C)C)c1. The van der Waals surface area contributed by atoms with Gasteiger partial charge in [-0.25, -0.2) is 40.3 Å². The lowest BCUT2D eigenvalue weighted by Crippen LogP contribution is -2.43. The molecular weight excluding hydrogens is 1180 g/mol. The molecule has 0 aromatic heterocycles. The van der Waals surface area contributed by atoms with Crippen LogP contribution in [0.5, 0.6) is 0 Å². The lowest BCUT2D eigenvalue weighted by atomic mass is 10.1. The molecule has 0 aliphatic heterocycles. The fourth-order valence-electron chi connectivity index (χ4n) is 7.08. The number of halogens is 4. The molecule has 89 heavy (non-hydrogen) atoms. The number of rotatable bonds is 9. The first kappa shape index (κ1) is 79.8. The fraction of sp³-hybridized carbons (Fsp3) is 0.426. The number of benzene rings is 6. The minimum absolute atomic E-state index is 0.0203. The number of alkyl halides is 3. The van der Waals surface area contributed by atoms with E-state index in [1.54, 1.807) is 93.6 Å². The van der Waals surface area contributed by atoms with Crippen molar-refractivity contribution >= 4 is 49.4 Å². The molecule has 0 aliphatic rings. The van der Waals surface area contributed by atoms with Crippen LogP contribution < -0.4 is 41.3 Å². The van der Waals surface area contributed by atoms with Gasteiger partial charge in [0.05, 0.1) is 15.4 Å². The molecule has 0 bridgehead atoms. The third-order valence-electron chi connectivity index (χ3n) is 10.5. The molecule has 0 spiro atoms. The minimum Gasteiger partial charge on any atom is -0.347 e. The Balaban J connectivity index is 0.000000536. The molecule has 8 N–H and O–H groups in total. The molecule has 0 radical (unpaired) electrons. The third-order valence-corrected chi connectivity index (χ3v) is 14.1. The molecular formula is C68H98F4N8O7S2. The van der Waals surface area contributed by atoms with Crippen LogP contribution in [-0.2, 0) is 32.8 Å². The largest absolute Gasteiger partial charge is 0.416 e. The number of nitrogens with one attached hydrogen (secondary N) is 8. The molecule has 492 valence electrons. The van der Waals surface area contributed by atoms with E-state index in [4.69, 9.17) is 0 Å². The number of amides is 5. The standard InChI is InChI=1S/C13H17F3N2O.C12H19N.C11H15FN2O.C11H17NO2S.C11H15NO.C10H15NO2S/c1-8-5-6-9(7-10(8)13(14,15)16)17-11(19)18-12(2,3)4;1-10-6-5-7-11(8-10)9-13-12(2,3)4;1-11(2,3)14-10(15)13-9-6-4-5-8(12)7-9;1-9-6-5-7-10(8-9)15(13,14)12-11(2,3)4;1-11(2,3)12-10(13)9-7-5-4-6-8-9;1-10(2,3)11-14(12,13)9-7-5-4-6-8-9/h5-7H,1-4H3,(H2,17,18,19);5-8,13H,9H2,1-4H3;4-7H,1-3H3,(H2,13,14,15);5-8,12H,1-4H3;4-8H,1-3H3,(H,12,13);4-8,11H,1-3H3. The predicted molar refractivity (Wildman–Crippen MR) is 356 cm³/mol. The highest BCUT2D eigenvalue weighted by molar-refractivity contribution is 7.89. The number of hydrogen-bond acceptors (Lipinski definition) is 8. The molecule has 0 unspecified atom stereocenters. The summed E-state index contributed by atoms with van der Waals surface area (Å²) >= 11 is 0. The van der Waals surface area contributed by atoms with E-state index in [1.807, 2.05) is 114 Å². The van der Waals surface area contributed by atoms with Crippen molar-refractivity contribution in [1.82, 2.24) is 30.7 Å². The lowest BCUT2D eigenvalue weighted by Gasteiger charge is -2.21. The molecule has 21 heteroatoms. The first-order valence-corrected chi connectivity index (χ1v) is 31.8. The minimum atomic E-state index is -4.43. The van der Waals surface area contributed by atoms with Gasteiger partial charge in [-0.2, -0.15) is 13.2 Å². The van der Waals surface area contributed by atoms with Crippen molar-refractivity contribution < 1.29 is 48.8 Å². The first-order chi connectivity index (χ1) is 40.3. The van der Waals surface area contributed by atoms with Crippen LogP contribution in [0.1, 0.15) is 163 Å². The first-order valence-electron chi connectivity index (χ1n) is 28.8. The zero-order chi connectivity index (χ0) is 68.6. The Hall–Kier alpha value is -7.17. The van der Waals surface area contributed by atoms with E-state index in [0.717, 1.165) is 18.2 Å². The maximum Gasteiger partial charge on any atom is 0.416 e.